The molecule has 112 valence electrons. The summed E-state index contributed by atoms with van der Waals surface area (Å²) < 4.78 is 1.85. The van der Waals surface area contributed by atoms with Gasteiger partial charge in [-0.25, -0.2) is 4.68 Å². The molecule has 1 heterocycles. The van der Waals surface area contributed by atoms with Crippen LogP contribution in [0.4, 0.5) is 5.82 Å². The van der Waals surface area contributed by atoms with Gasteiger partial charge in [0.1, 0.15) is 5.82 Å². The molecule has 2 aromatic rings. The number of hydrogen-bond acceptors (Lipinski definition) is 2. The smallest absolute Gasteiger partial charge is 0.225 e. The first-order chi connectivity index (χ1) is 10.2. The normalized spacial score (nSPS) is 10.6. The Hall–Kier alpha value is -2.10. The van der Waals surface area contributed by atoms with Crippen LogP contribution in [0.5, 0.6) is 0 Å². The van der Waals surface area contributed by atoms with Crippen molar-refractivity contribution in [3.63, 3.8) is 0 Å². The predicted molar refractivity (Wildman–Crippen MR) is 85.3 cm³/mol. The van der Waals surface area contributed by atoms with Crippen LogP contribution in [0.3, 0.4) is 0 Å². The quantitative estimate of drug-likeness (QED) is 0.787. The van der Waals surface area contributed by atoms with Crippen molar-refractivity contribution < 1.29 is 4.79 Å². The van der Waals surface area contributed by atoms with Gasteiger partial charge in [-0.2, -0.15) is 5.10 Å². The summed E-state index contributed by atoms with van der Waals surface area (Å²) in [6.07, 6.45) is 3.73. The molecule has 1 amide bonds. The highest BCUT2D eigenvalue weighted by Gasteiger charge is 2.09. The molecule has 0 unspecified atom stereocenters. The van der Waals surface area contributed by atoms with E-state index in [-0.39, 0.29) is 5.91 Å². The highest BCUT2D eigenvalue weighted by atomic mass is 16.1. The van der Waals surface area contributed by atoms with Crippen molar-refractivity contribution in [2.45, 2.75) is 46.1 Å². The largest absolute Gasteiger partial charge is 0.311 e. The second-order valence-corrected chi connectivity index (χ2v) is 5.32. The van der Waals surface area contributed by atoms with Crippen molar-refractivity contribution in [3.8, 4) is 0 Å². The summed E-state index contributed by atoms with van der Waals surface area (Å²) in [6.45, 7) is 4.74. The van der Waals surface area contributed by atoms with Gasteiger partial charge in [0.05, 0.1) is 12.2 Å². The maximum absolute atomic E-state index is 11.9. The highest BCUT2D eigenvalue weighted by Crippen LogP contribution is 2.14. The topological polar surface area (TPSA) is 46.9 Å². The van der Waals surface area contributed by atoms with Crippen molar-refractivity contribution in [1.29, 1.82) is 0 Å². The Morgan fingerprint density at radius 2 is 2.00 bits per heavy atom. The number of aromatic nitrogens is 2. The molecule has 0 saturated heterocycles. The summed E-state index contributed by atoms with van der Waals surface area (Å²) in [6, 6.07) is 12.0. The fourth-order valence-electron chi connectivity index (χ4n) is 2.26. The van der Waals surface area contributed by atoms with Crippen LogP contribution in [0.1, 0.15) is 43.9 Å². The molecule has 1 N–H and O–H groups in total. The second kappa shape index (κ2) is 7.62. The molecule has 0 spiro atoms. The number of unbranched alkanes of at least 4 members (excludes halogenated alkanes) is 2. The molecule has 0 aliphatic carbocycles. The molecular formula is C17H23N3O. The van der Waals surface area contributed by atoms with E-state index in [4.69, 9.17) is 0 Å². The van der Waals surface area contributed by atoms with Crippen molar-refractivity contribution in [2.75, 3.05) is 5.32 Å². The maximum Gasteiger partial charge on any atom is 0.225 e. The third kappa shape index (κ3) is 4.74. The SMILES string of the molecule is CCCCCC(=O)Nc1cc(C)nn1Cc1ccccc1. The molecule has 0 bridgehead atoms. The zero-order valence-corrected chi connectivity index (χ0v) is 12.8. The molecule has 0 fully saturated rings. The lowest BCUT2D eigenvalue weighted by molar-refractivity contribution is -0.116. The van der Waals surface area contributed by atoms with Crippen LogP contribution in [-0.2, 0) is 11.3 Å². The fraction of sp³-hybridized carbons (Fsp3) is 0.412. The molecule has 0 radical (unpaired) electrons. The number of anilines is 1. The minimum Gasteiger partial charge on any atom is -0.311 e. The van der Waals surface area contributed by atoms with Gasteiger partial charge in [-0.1, -0.05) is 50.1 Å². The molecule has 4 heteroatoms. The van der Waals surface area contributed by atoms with Crippen LogP contribution in [0, 0.1) is 6.92 Å². The van der Waals surface area contributed by atoms with E-state index in [2.05, 4.69) is 29.5 Å². The van der Waals surface area contributed by atoms with E-state index in [9.17, 15) is 4.79 Å². The average molecular weight is 285 g/mol. The lowest BCUT2D eigenvalue weighted by atomic mass is 10.2. The van der Waals surface area contributed by atoms with Gasteiger partial charge in [-0.3, -0.25) is 4.79 Å². The number of amides is 1. The summed E-state index contributed by atoms with van der Waals surface area (Å²) >= 11 is 0. The lowest BCUT2D eigenvalue weighted by Gasteiger charge is -2.09. The van der Waals surface area contributed by atoms with E-state index in [1.165, 1.54) is 5.56 Å². The molecule has 2 rings (SSSR count). The Balaban J connectivity index is 2.01. The monoisotopic (exact) mass is 285 g/mol. The van der Waals surface area contributed by atoms with Crippen LogP contribution in [0.15, 0.2) is 36.4 Å². The number of rotatable bonds is 7. The van der Waals surface area contributed by atoms with Crippen LogP contribution < -0.4 is 5.32 Å². The van der Waals surface area contributed by atoms with Crippen LogP contribution in [0.25, 0.3) is 0 Å². The summed E-state index contributed by atoms with van der Waals surface area (Å²) in [5.74, 6) is 0.843. The zero-order chi connectivity index (χ0) is 15.1. The standard InChI is InChI=1S/C17H23N3O/c1-3-4-6-11-17(21)18-16-12-14(2)19-20(16)13-15-9-7-5-8-10-15/h5,7-10,12H,3-4,6,11,13H2,1-2H3,(H,18,21). The Morgan fingerprint density at radius 1 is 1.24 bits per heavy atom. The number of hydrogen-bond donors (Lipinski definition) is 1. The third-order valence-corrected chi connectivity index (χ3v) is 3.35. The van der Waals surface area contributed by atoms with E-state index in [0.717, 1.165) is 30.8 Å². The molecule has 1 aromatic heterocycles. The molecule has 0 aliphatic heterocycles. The molecule has 4 nitrogen and oxygen atoms in total. The Morgan fingerprint density at radius 3 is 2.71 bits per heavy atom. The summed E-state index contributed by atoms with van der Waals surface area (Å²) in [5.41, 5.74) is 2.08. The highest BCUT2D eigenvalue weighted by molar-refractivity contribution is 5.89. The number of aryl methyl sites for hydroxylation is 1. The van der Waals surface area contributed by atoms with Crippen molar-refractivity contribution in [1.82, 2.24) is 9.78 Å². The van der Waals surface area contributed by atoms with E-state index in [1.807, 2.05) is 35.9 Å². The van der Waals surface area contributed by atoms with Crippen LogP contribution >= 0.6 is 0 Å². The first-order valence-electron chi connectivity index (χ1n) is 7.57. The number of carbonyl (C=O) groups is 1. The van der Waals surface area contributed by atoms with Crippen molar-refractivity contribution >= 4 is 11.7 Å². The molecule has 0 aliphatic rings. The maximum atomic E-state index is 11.9. The first kappa shape index (κ1) is 15.3. The van der Waals surface area contributed by atoms with Gasteiger partial charge < -0.3 is 5.32 Å². The minimum absolute atomic E-state index is 0.0673. The lowest BCUT2D eigenvalue weighted by Crippen LogP contribution is -2.15. The van der Waals surface area contributed by atoms with E-state index < -0.39 is 0 Å². The van der Waals surface area contributed by atoms with Gasteiger partial charge in [0.25, 0.3) is 0 Å². The van der Waals surface area contributed by atoms with Crippen molar-refractivity contribution in [3.05, 3.63) is 47.7 Å². The van der Waals surface area contributed by atoms with Gasteiger partial charge in [0, 0.05) is 12.5 Å². The first-order valence-corrected chi connectivity index (χ1v) is 7.57. The summed E-state index contributed by atoms with van der Waals surface area (Å²) in [7, 11) is 0. The molecule has 21 heavy (non-hydrogen) atoms. The minimum atomic E-state index is 0.0673. The summed E-state index contributed by atoms with van der Waals surface area (Å²) in [4.78, 5) is 11.9. The second-order valence-electron chi connectivity index (χ2n) is 5.32. The number of carbonyl (C=O) groups excluding carboxylic acids is 1. The van der Waals surface area contributed by atoms with E-state index in [0.29, 0.717) is 13.0 Å². The summed E-state index contributed by atoms with van der Waals surface area (Å²) in [5, 5.41) is 7.43. The number of nitrogens with one attached hydrogen (secondary N) is 1. The molecule has 1 aromatic carbocycles. The fourth-order valence-corrected chi connectivity index (χ4v) is 2.26. The van der Waals surface area contributed by atoms with Crippen LogP contribution in [-0.4, -0.2) is 15.7 Å². The van der Waals surface area contributed by atoms with Gasteiger partial charge in [0.15, 0.2) is 0 Å². The van der Waals surface area contributed by atoms with Gasteiger partial charge >= 0.3 is 0 Å². The number of benzene rings is 1. The predicted octanol–water partition coefficient (Wildman–Crippen LogP) is 3.76. The molecule has 0 saturated carbocycles. The number of nitrogens with zero attached hydrogens (tertiary/aromatic N) is 2. The third-order valence-electron chi connectivity index (χ3n) is 3.35. The van der Waals surface area contributed by atoms with Crippen molar-refractivity contribution in [2.24, 2.45) is 0 Å². The average Bonchev–Trinajstić information content (AvgIpc) is 2.80. The van der Waals surface area contributed by atoms with Crippen LogP contribution in [0.2, 0.25) is 0 Å². The van der Waals surface area contributed by atoms with E-state index >= 15 is 0 Å². The Bertz CT molecular complexity index is 575. The van der Waals surface area contributed by atoms with Gasteiger partial charge in [-0.05, 0) is 18.9 Å². The Labute approximate surface area is 126 Å². The van der Waals surface area contributed by atoms with Gasteiger partial charge in [0.2, 0.25) is 5.91 Å². The molecule has 0 atom stereocenters. The van der Waals surface area contributed by atoms with Gasteiger partial charge in [-0.15, -0.1) is 0 Å². The molecular weight excluding hydrogens is 262 g/mol. The zero-order valence-electron chi connectivity index (χ0n) is 12.8. The van der Waals surface area contributed by atoms with E-state index in [1.54, 1.807) is 0 Å². The Kier molecular flexibility index (Phi) is 5.55.